The van der Waals surface area contributed by atoms with Crippen molar-refractivity contribution in [1.82, 2.24) is 10.6 Å². The highest BCUT2D eigenvalue weighted by atomic mass is 32.2. The van der Waals surface area contributed by atoms with Gasteiger partial charge < -0.3 is 15.4 Å². The van der Waals surface area contributed by atoms with E-state index in [1.807, 2.05) is 0 Å². The molecule has 7 nitrogen and oxygen atoms in total. The number of amides is 2. The lowest BCUT2D eigenvalue weighted by atomic mass is 9.95. The molecule has 0 aromatic heterocycles. The number of hydrogen-bond donors (Lipinski definition) is 2. The van der Waals surface area contributed by atoms with Crippen molar-refractivity contribution < 1.29 is 27.1 Å². The second-order valence-electron chi connectivity index (χ2n) is 6.27. The van der Waals surface area contributed by atoms with Crippen molar-refractivity contribution in [1.29, 1.82) is 0 Å². The Bertz CT molecular complexity index is 1050. The van der Waals surface area contributed by atoms with Crippen LogP contribution in [0.15, 0.2) is 70.8 Å². The molecule has 2 N–H and O–H groups in total. The molecule has 1 unspecified atom stereocenters. The van der Waals surface area contributed by atoms with Crippen molar-refractivity contribution in [3.63, 3.8) is 0 Å². The molecule has 3 rings (SSSR count). The number of benzene rings is 2. The highest BCUT2D eigenvalue weighted by molar-refractivity contribution is 7.91. The van der Waals surface area contributed by atoms with Crippen molar-refractivity contribution in [3.8, 4) is 0 Å². The minimum absolute atomic E-state index is 0.00309. The average Bonchev–Trinajstić information content (AvgIpc) is 2.68. The summed E-state index contributed by atoms with van der Waals surface area (Å²) in [5.41, 5.74) is 0.524. The molecule has 1 aliphatic heterocycles. The first-order valence-corrected chi connectivity index (χ1v) is 10.5. The molecule has 0 bridgehead atoms. The summed E-state index contributed by atoms with van der Waals surface area (Å²) in [6, 6.07) is 11.5. The molecule has 2 aromatic carbocycles. The first-order chi connectivity index (χ1) is 13.8. The molecule has 2 amide bonds. The van der Waals surface area contributed by atoms with Gasteiger partial charge in [-0.25, -0.2) is 22.4 Å². The Morgan fingerprint density at radius 3 is 2.38 bits per heavy atom. The van der Waals surface area contributed by atoms with Gasteiger partial charge in [0, 0.05) is 5.70 Å². The Kier molecular flexibility index (Phi) is 5.97. The van der Waals surface area contributed by atoms with Gasteiger partial charge in [0.05, 0.1) is 28.9 Å². The number of urea groups is 1. The van der Waals surface area contributed by atoms with Gasteiger partial charge in [-0.3, -0.25) is 0 Å². The molecule has 0 aliphatic carbocycles. The Hall–Kier alpha value is -3.20. The zero-order valence-electron chi connectivity index (χ0n) is 15.5. The Balaban J connectivity index is 2.08. The van der Waals surface area contributed by atoms with Crippen molar-refractivity contribution >= 4 is 21.8 Å². The van der Waals surface area contributed by atoms with Crippen LogP contribution in [0.1, 0.15) is 18.5 Å². The molecular weight excluding hydrogens is 399 g/mol. The summed E-state index contributed by atoms with van der Waals surface area (Å²) < 4.78 is 43.9. The molecule has 9 heteroatoms. The van der Waals surface area contributed by atoms with E-state index in [-0.39, 0.29) is 22.8 Å². The Morgan fingerprint density at radius 1 is 1.10 bits per heavy atom. The number of nitrogens with one attached hydrogen (secondary N) is 2. The molecule has 1 heterocycles. The van der Waals surface area contributed by atoms with E-state index in [0.717, 1.165) is 24.3 Å². The normalized spacial score (nSPS) is 16.8. The van der Waals surface area contributed by atoms with E-state index in [4.69, 9.17) is 4.74 Å². The van der Waals surface area contributed by atoms with Gasteiger partial charge in [0.25, 0.3) is 0 Å². The lowest BCUT2D eigenvalue weighted by molar-refractivity contribution is -0.139. The third-order valence-electron chi connectivity index (χ3n) is 4.29. The number of hydrogen-bond acceptors (Lipinski definition) is 5. The summed E-state index contributed by atoms with van der Waals surface area (Å²) in [4.78, 5) is 24.7. The van der Waals surface area contributed by atoms with Crippen LogP contribution < -0.4 is 10.6 Å². The summed E-state index contributed by atoms with van der Waals surface area (Å²) in [7, 11) is -3.96. The van der Waals surface area contributed by atoms with Gasteiger partial charge in [-0.15, -0.1) is 0 Å². The highest BCUT2D eigenvalue weighted by Gasteiger charge is 2.35. The van der Waals surface area contributed by atoms with Crippen molar-refractivity contribution in [3.05, 3.63) is 77.2 Å². The van der Waals surface area contributed by atoms with E-state index in [9.17, 15) is 22.4 Å². The number of sulfone groups is 1. The lowest BCUT2D eigenvalue weighted by Crippen LogP contribution is -2.47. The van der Waals surface area contributed by atoms with E-state index in [0.29, 0.717) is 5.56 Å². The van der Waals surface area contributed by atoms with Gasteiger partial charge in [0.15, 0.2) is 9.84 Å². The van der Waals surface area contributed by atoms with Crippen LogP contribution in [0.3, 0.4) is 0 Å². The second-order valence-corrected chi connectivity index (χ2v) is 8.26. The second kappa shape index (κ2) is 8.44. The minimum atomic E-state index is -3.96. The standard InChI is InChI=1S/C20H19FN2O5S/c1-2-28-19(24)17-16(12-29(26,27)15-10-8-14(21)9-11-15)22-20(25)23-18(17)13-6-4-3-5-7-13/h3-11,18H,2,12H2,1H3,(H2,22,23,25). The van der Waals surface area contributed by atoms with Crippen LogP contribution >= 0.6 is 0 Å². The molecular formula is C20H19FN2O5S. The third-order valence-corrected chi connectivity index (χ3v) is 5.95. The van der Waals surface area contributed by atoms with Crippen LogP contribution in [0.2, 0.25) is 0 Å². The predicted molar refractivity (Wildman–Crippen MR) is 103 cm³/mol. The van der Waals surface area contributed by atoms with Crippen LogP contribution in [0.25, 0.3) is 0 Å². The number of carbonyl (C=O) groups is 2. The summed E-state index contributed by atoms with van der Waals surface area (Å²) in [6.45, 7) is 1.70. The zero-order chi connectivity index (χ0) is 21.0. The molecule has 29 heavy (non-hydrogen) atoms. The molecule has 0 saturated heterocycles. The molecule has 0 radical (unpaired) electrons. The van der Waals surface area contributed by atoms with E-state index in [1.165, 1.54) is 0 Å². The summed E-state index contributed by atoms with van der Waals surface area (Å²) in [5, 5.41) is 5.05. The first-order valence-electron chi connectivity index (χ1n) is 8.82. The van der Waals surface area contributed by atoms with E-state index in [2.05, 4.69) is 10.6 Å². The number of esters is 1. The Labute approximate surface area is 167 Å². The Morgan fingerprint density at radius 2 is 1.76 bits per heavy atom. The smallest absolute Gasteiger partial charge is 0.338 e. The SMILES string of the molecule is CCOC(=O)C1=C(CS(=O)(=O)c2ccc(F)cc2)NC(=O)NC1c1ccccc1. The van der Waals surface area contributed by atoms with Crippen molar-refractivity contribution in [2.24, 2.45) is 0 Å². The van der Waals surface area contributed by atoms with Crippen LogP contribution in [0.4, 0.5) is 9.18 Å². The van der Waals surface area contributed by atoms with Crippen LogP contribution in [0.5, 0.6) is 0 Å². The van der Waals surface area contributed by atoms with Crippen molar-refractivity contribution in [2.75, 3.05) is 12.4 Å². The maximum atomic E-state index is 13.1. The monoisotopic (exact) mass is 418 g/mol. The van der Waals surface area contributed by atoms with Gasteiger partial charge >= 0.3 is 12.0 Å². The van der Waals surface area contributed by atoms with Gasteiger partial charge in [0.2, 0.25) is 0 Å². The quantitative estimate of drug-likeness (QED) is 0.554. The molecule has 0 spiro atoms. The summed E-state index contributed by atoms with van der Waals surface area (Å²) in [6.07, 6.45) is 0. The maximum Gasteiger partial charge on any atom is 0.338 e. The number of rotatable bonds is 6. The van der Waals surface area contributed by atoms with Gasteiger partial charge in [0.1, 0.15) is 5.82 Å². The summed E-state index contributed by atoms with van der Waals surface area (Å²) >= 11 is 0. The fourth-order valence-electron chi connectivity index (χ4n) is 2.99. The number of halogens is 1. The molecule has 0 saturated carbocycles. The minimum Gasteiger partial charge on any atom is -0.463 e. The largest absolute Gasteiger partial charge is 0.463 e. The lowest BCUT2D eigenvalue weighted by Gasteiger charge is -2.29. The zero-order valence-corrected chi connectivity index (χ0v) is 16.3. The van der Waals surface area contributed by atoms with Crippen LogP contribution in [-0.4, -0.2) is 32.8 Å². The first kappa shape index (κ1) is 20.5. The number of carbonyl (C=O) groups excluding carboxylic acids is 2. The van der Waals surface area contributed by atoms with Crippen LogP contribution in [-0.2, 0) is 19.4 Å². The number of ether oxygens (including phenoxy) is 1. The van der Waals surface area contributed by atoms with Gasteiger partial charge in [-0.05, 0) is 36.8 Å². The molecule has 152 valence electrons. The fraction of sp³-hybridized carbons (Fsp3) is 0.200. The average molecular weight is 418 g/mol. The summed E-state index contributed by atoms with van der Waals surface area (Å²) in [5.74, 6) is -1.96. The van der Waals surface area contributed by atoms with Gasteiger partial charge in [-0.2, -0.15) is 0 Å². The highest BCUT2D eigenvalue weighted by Crippen LogP contribution is 2.29. The van der Waals surface area contributed by atoms with Crippen LogP contribution in [0, 0.1) is 5.82 Å². The van der Waals surface area contributed by atoms with Crippen molar-refractivity contribution in [2.45, 2.75) is 17.9 Å². The van der Waals surface area contributed by atoms with E-state index >= 15 is 0 Å². The fourth-order valence-corrected chi connectivity index (χ4v) is 4.32. The van der Waals surface area contributed by atoms with Gasteiger partial charge in [-0.1, -0.05) is 30.3 Å². The third kappa shape index (κ3) is 4.62. The molecule has 0 fully saturated rings. The van der Waals surface area contributed by atoms with E-state index < -0.39 is 39.4 Å². The molecule has 1 atom stereocenters. The van der Waals surface area contributed by atoms with E-state index in [1.54, 1.807) is 37.3 Å². The predicted octanol–water partition coefficient (Wildman–Crippen LogP) is 2.47. The topological polar surface area (TPSA) is 102 Å². The molecule has 2 aromatic rings. The molecule has 1 aliphatic rings. The maximum absolute atomic E-state index is 13.1.